The first-order chi connectivity index (χ1) is 11.6. The lowest BCUT2D eigenvalue weighted by atomic mass is 10.0. The van der Waals surface area contributed by atoms with E-state index in [1.165, 1.54) is 0 Å². The number of amides is 1. The van der Waals surface area contributed by atoms with Crippen molar-refractivity contribution in [1.82, 2.24) is 5.32 Å². The molecule has 0 aliphatic rings. The Hall–Kier alpha value is -2.04. The van der Waals surface area contributed by atoms with E-state index in [9.17, 15) is 4.79 Å². The van der Waals surface area contributed by atoms with E-state index < -0.39 is 0 Å². The highest BCUT2D eigenvalue weighted by Gasteiger charge is 2.13. The number of carbonyl (C=O) groups is 1. The maximum absolute atomic E-state index is 12.4. The van der Waals surface area contributed by atoms with Crippen molar-refractivity contribution >= 4 is 44.2 Å². The minimum atomic E-state index is -0.211. The molecule has 3 nitrogen and oxygen atoms in total. The van der Waals surface area contributed by atoms with Crippen molar-refractivity contribution < 1.29 is 9.53 Å². The molecule has 3 rings (SSSR count). The van der Waals surface area contributed by atoms with Crippen LogP contribution in [0, 0.1) is 0 Å². The first kappa shape index (κ1) is 16.8. The summed E-state index contributed by atoms with van der Waals surface area (Å²) in [5.41, 5.74) is 1.39. The third-order valence-electron chi connectivity index (χ3n) is 3.81. The molecule has 0 heterocycles. The number of nitrogens with one attached hydrogen (secondary N) is 1. The van der Waals surface area contributed by atoms with Gasteiger partial charge >= 0.3 is 0 Å². The number of benzene rings is 3. The SMILES string of the molecule is COc1ccc2cc(Br)ccc2c1CNC(=O)c1ccccc1Cl. The van der Waals surface area contributed by atoms with Crippen LogP contribution >= 0.6 is 27.5 Å². The molecule has 0 unspecified atom stereocenters. The number of rotatable bonds is 4. The van der Waals surface area contributed by atoms with Gasteiger partial charge in [-0.1, -0.05) is 51.8 Å². The zero-order valence-electron chi connectivity index (χ0n) is 13.0. The molecule has 24 heavy (non-hydrogen) atoms. The molecule has 0 aliphatic heterocycles. The van der Waals surface area contributed by atoms with Gasteiger partial charge in [0.25, 0.3) is 5.91 Å². The highest BCUT2D eigenvalue weighted by atomic mass is 79.9. The molecule has 0 aromatic heterocycles. The number of methoxy groups -OCH3 is 1. The standard InChI is InChI=1S/C19H15BrClNO2/c1-24-18-9-6-12-10-13(20)7-8-14(12)16(18)11-22-19(23)15-4-2-3-5-17(15)21/h2-10H,11H2,1H3,(H,22,23). The molecule has 0 radical (unpaired) electrons. The van der Waals surface area contributed by atoms with Crippen molar-refractivity contribution in [3.63, 3.8) is 0 Å². The first-order valence-corrected chi connectivity index (χ1v) is 8.55. The predicted molar refractivity (Wildman–Crippen MR) is 101 cm³/mol. The second-order valence-electron chi connectivity index (χ2n) is 5.27. The lowest BCUT2D eigenvalue weighted by Crippen LogP contribution is -2.23. The van der Waals surface area contributed by atoms with Crippen molar-refractivity contribution in [3.05, 3.63) is 75.2 Å². The van der Waals surface area contributed by atoms with Crippen molar-refractivity contribution in [2.45, 2.75) is 6.54 Å². The fourth-order valence-electron chi connectivity index (χ4n) is 2.63. The average Bonchev–Trinajstić information content (AvgIpc) is 2.59. The summed E-state index contributed by atoms with van der Waals surface area (Å²) in [5, 5.41) is 5.47. The summed E-state index contributed by atoms with van der Waals surface area (Å²) in [5.74, 6) is 0.529. The van der Waals surface area contributed by atoms with Gasteiger partial charge in [0.1, 0.15) is 5.75 Å². The van der Waals surface area contributed by atoms with Crippen LogP contribution < -0.4 is 10.1 Å². The molecule has 5 heteroatoms. The molecule has 122 valence electrons. The van der Waals surface area contributed by atoms with E-state index in [0.717, 1.165) is 26.6 Å². The van der Waals surface area contributed by atoms with Crippen molar-refractivity contribution in [3.8, 4) is 5.75 Å². The molecule has 0 fully saturated rings. The number of carbonyl (C=O) groups excluding carboxylic acids is 1. The third-order valence-corrected chi connectivity index (χ3v) is 4.64. The summed E-state index contributed by atoms with van der Waals surface area (Å²) in [4.78, 5) is 12.4. The van der Waals surface area contributed by atoms with Gasteiger partial charge in [-0.15, -0.1) is 0 Å². The van der Waals surface area contributed by atoms with Crippen LogP contribution in [-0.2, 0) is 6.54 Å². The monoisotopic (exact) mass is 403 g/mol. The van der Waals surface area contributed by atoms with Crippen LogP contribution in [-0.4, -0.2) is 13.0 Å². The fraction of sp³-hybridized carbons (Fsp3) is 0.105. The molecular weight excluding hydrogens is 390 g/mol. The second-order valence-corrected chi connectivity index (χ2v) is 6.60. The van der Waals surface area contributed by atoms with E-state index >= 15 is 0 Å². The smallest absolute Gasteiger partial charge is 0.253 e. The van der Waals surface area contributed by atoms with Gasteiger partial charge in [-0.25, -0.2) is 0 Å². The largest absolute Gasteiger partial charge is 0.496 e. The zero-order valence-corrected chi connectivity index (χ0v) is 15.3. The maximum Gasteiger partial charge on any atom is 0.253 e. The fourth-order valence-corrected chi connectivity index (χ4v) is 3.23. The Bertz CT molecular complexity index is 911. The number of ether oxygens (including phenoxy) is 1. The Labute approximate surface area is 153 Å². The summed E-state index contributed by atoms with van der Waals surface area (Å²) < 4.78 is 6.46. The van der Waals surface area contributed by atoms with Crippen molar-refractivity contribution in [2.75, 3.05) is 7.11 Å². The summed E-state index contributed by atoms with van der Waals surface area (Å²) in [6.07, 6.45) is 0. The summed E-state index contributed by atoms with van der Waals surface area (Å²) in [7, 11) is 1.62. The minimum Gasteiger partial charge on any atom is -0.496 e. The van der Waals surface area contributed by atoms with Crippen LogP contribution in [0.25, 0.3) is 10.8 Å². The summed E-state index contributed by atoms with van der Waals surface area (Å²) >= 11 is 9.56. The van der Waals surface area contributed by atoms with E-state index in [4.69, 9.17) is 16.3 Å². The quantitative estimate of drug-likeness (QED) is 0.649. The molecule has 3 aromatic carbocycles. The van der Waals surface area contributed by atoms with Crippen LogP contribution in [0.15, 0.2) is 59.1 Å². The lowest BCUT2D eigenvalue weighted by molar-refractivity contribution is 0.0951. The predicted octanol–water partition coefficient (Wildman–Crippen LogP) is 5.19. The second kappa shape index (κ2) is 7.24. The molecule has 1 N–H and O–H groups in total. The van der Waals surface area contributed by atoms with Gasteiger partial charge in [0.05, 0.1) is 17.7 Å². The molecule has 1 amide bonds. The molecule has 0 saturated carbocycles. The molecule has 3 aromatic rings. The van der Waals surface area contributed by atoms with Crippen LogP contribution in [0.3, 0.4) is 0 Å². The lowest BCUT2D eigenvalue weighted by Gasteiger charge is -2.14. The normalized spacial score (nSPS) is 10.6. The molecule has 0 saturated heterocycles. The van der Waals surface area contributed by atoms with E-state index in [2.05, 4.69) is 21.2 Å². The molecule has 0 spiro atoms. The van der Waals surface area contributed by atoms with Crippen LogP contribution in [0.5, 0.6) is 5.75 Å². The Kier molecular flexibility index (Phi) is 5.07. The Morgan fingerprint density at radius 1 is 1.17 bits per heavy atom. The maximum atomic E-state index is 12.4. The molecule has 0 bridgehead atoms. The number of hydrogen-bond donors (Lipinski definition) is 1. The molecule has 0 atom stereocenters. The Morgan fingerprint density at radius 3 is 2.71 bits per heavy atom. The van der Waals surface area contributed by atoms with E-state index in [0.29, 0.717) is 17.1 Å². The van der Waals surface area contributed by atoms with Crippen molar-refractivity contribution in [1.29, 1.82) is 0 Å². The number of halogens is 2. The number of hydrogen-bond acceptors (Lipinski definition) is 2. The average molecular weight is 405 g/mol. The molecular formula is C19H15BrClNO2. The van der Waals surface area contributed by atoms with E-state index in [-0.39, 0.29) is 5.91 Å². The zero-order chi connectivity index (χ0) is 17.1. The topological polar surface area (TPSA) is 38.3 Å². The Morgan fingerprint density at radius 2 is 1.96 bits per heavy atom. The van der Waals surface area contributed by atoms with Crippen LogP contribution in [0.4, 0.5) is 0 Å². The van der Waals surface area contributed by atoms with Crippen LogP contribution in [0.1, 0.15) is 15.9 Å². The first-order valence-electron chi connectivity index (χ1n) is 7.38. The van der Waals surface area contributed by atoms with Gasteiger partial charge in [0.2, 0.25) is 0 Å². The van der Waals surface area contributed by atoms with Crippen LogP contribution in [0.2, 0.25) is 5.02 Å². The van der Waals surface area contributed by atoms with Gasteiger partial charge in [0.15, 0.2) is 0 Å². The van der Waals surface area contributed by atoms with Gasteiger partial charge in [0, 0.05) is 16.6 Å². The van der Waals surface area contributed by atoms with Gasteiger partial charge < -0.3 is 10.1 Å². The summed E-state index contributed by atoms with van der Waals surface area (Å²) in [6.45, 7) is 0.353. The van der Waals surface area contributed by atoms with Gasteiger partial charge in [-0.05, 0) is 41.1 Å². The minimum absolute atomic E-state index is 0.211. The summed E-state index contributed by atoms with van der Waals surface area (Å²) in [6, 6.07) is 16.9. The van der Waals surface area contributed by atoms with Crippen molar-refractivity contribution in [2.24, 2.45) is 0 Å². The van der Waals surface area contributed by atoms with Gasteiger partial charge in [-0.3, -0.25) is 4.79 Å². The Balaban J connectivity index is 1.92. The molecule has 0 aliphatic carbocycles. The highest BCUT2D eigenvalue weighted by Crippen LogP contribution is 2.30. The number of fused-ring (bicyclic) bond motifs is 1. The van der Waals surface area contributed by atoms with Gasteiger partial charge in [-0.2, -0.15) is 0 Å². The third kappa shape index (κ3) is 3.40. The van der Waals surface area contributed by atoms with E-state index in [1.807, 2.05) is 30.3 Å². The highest BCUT2D eigenvalue weighted by molar-refractivity contribution is 9.10. The van der Waals surface area contributed by atoms with E-state index in [1.54, 1.807) is 31.4 Å².